The van der Waals surface area contributed by atoms with Crippen LogP contribution in [0.1, 0.15) is 18.9 Å². The maximum absolute atomic E-state index is 6.34. The molecule has 0 spiro atoms. The minimum atomic E-state index is 0.994. The number of hydrogen-bond donors (Lipinski definition) is 0. The zero-order valence-electron chi connectivity index (χ0n) is 14.0. The number of furan rings is 1. The molecule has 0 saturated heterocycles. The summed E-state index contributed by atoms with van der Waals surface area (Å²) in [5.41, 5.74) is 5.81. The first kappa shape index (κ1) is 13.7. The van der Waals surface area contributed by atoms with Crippen molar-refractivity contribution in [1.82, 2.24) is 4.57 Å². The molecule has 0 aliphatic rings. The molecular weight excluding hydrogens is 294 g/mol. The van der Waals surface area contributed by atoms with Gasteiger partial charge in [0.15, 0.2) is 5.58 Å². The summed E-state index contributed by atoms with van der Waals surface area (Å²) in [7, 11) is 2.13. The molecule has 2 heterocycles. The van der Waals surface area contributed by atoms with E-state index in [2.05, 4.69) is 73.1 Å². The summed E-state index contributed by atoms with van der Waals surface area (Å²) in [5.74, 6) is 0. The molecule has 0 unspecified atom stereocenters. The summed E-state index contributed by atoms with van der Waals surface area (Å²) in [6, 6.07) is 19.5. The Hall–Kier alpha value is -2.74. The van der Waals surface area contributed by atoms with Crippen molar-refractivity contribution in [2.45, 2.75) is 19.8 Å². The lowest BCUT2D eigenvalue weighted by Crippen LogP contribution is -1.86. The van der Waals surface area contributed by atoms with E-state index in [1.165, 1.54) is 38.1 Å². The van der Waals surface area contributed by atoms with Gasteiger partial charge in [-0.25, -0.2) is 0 Å². The third-order valence-corrected chi connectivity index (χ3v) is 5.14. The van der Waals surface area contributed by atoms with Crippen molar-refractivity contribution in [3.8, 4) is 0 Å². The monoisotopic (exact) mass is 313 g/mol. The second-order valence-electron chi connectivity index (χ2n) is 6.56. The Labute approximate surface area is 140 Å². The van der Waals surface area contributed by atoms with E-state index in [9.17, 15) is 0 Å². The smallest absolute Gasteiger partial charge is 0.159 e. The van der Waals surface area contributed by atoms with Gasteiger partial charge in [0, 0.05) is 34.1 Å². The van der Waals surface area contributed by atoms with Crippen LogP contribution in [0, 0.1) is 0 Å². The number of aryl methyl sites for hydroxylation is 2. The molecule has 0 fully saturated rings. The van der Waals surface area contributed by atoms with Crippen LogP contribution >= 0.6 is 0 Å². The highest BCUT2D eigenvalue weighted by molar-refractivity contribution is 6.21. The van der Waals surface area contributed by atoms with Crippen molar-refractivity contribution in [1.29, 1.82) is 0 Å². The SMILES string of the molecule is CCCc1cccc2oc3c(ccc4c5ccccc5n(C)c43)c12. The highest BCUT2D eigenvalue weighted by atomic mass is 16.3. The predicted octanol–water partition coefficient (Wildman–Crippen LogP) is 6.18. The van der Waals surface area contributed by atoms with Gasteiger partial charge in [0.05, 0.1) is 5.52 Å². The fourth-order valence-electron chi connectivity index (χ4n) is 4.09. The first-order valence-corrected chi connectivity index (χ1v) is 8.60. The highest BCUT2D eigenvalue weighted by Gasteiger charge is 2.17. The van der Waals surface area contributed by atoms with E-state index >= 15 is 0 Å². The molecule has 118 valence electrons. The molecule has 5 aromatic rings. The molecule has 0 radical (unpaired) electrons. The van der Waals surface area contributed by atoms with Crippen molar-refractivity contribution < 1.29 is 4.42 Å². The van der Waals surface area contributed by atoms with E-state index in [-0.39, 0.29) is 0 Å². The maximum Gasteiger partial charge on any atom is 0.159 e. The number of fused-ring (bicyclic) bond motifs is 7. The van der Waals surface area contributed by atoms with Gasteiger partial charge in [0.1, 0.15) is 5.58 Å². The Balaban J connectivity index is 2.02. The first-order chi connectivity index (χ1) is 11.8. The zero-order valence-corrected chi connectivity index (χ0v) is 14.0. The molecule has 2 heteroatoms. The van der Waals surface area contributed by atoms with Crippen LogP contribution in [0.3, 0.4) is 0 Å². The Morgan fingerprint density at radius 2 is 1.71 bits per heavy atom. The van der Waals surface area contributed by atoms with Crippen molar-refractivity contribution in [3.05, 3.63) is 60.2 Å². The predicted molar refractivity (Wildman–Crippen MR) is 102 cm³/mol. The quantitative estimate of drug-likeness (QED) is 0.380. The number of aromatic nitrogens is 1. The molecular formula is C22H19NO. The molecule has 2 nitrogen and oxygen atoms in total. The highest BCUT2D eigenvalue weighted by Crippen LogP contribution is 2.39. The summed E-state index contributed by atoms with van der Waals surface area (Å²) in [6.45, 7) is 2.23. The Morgan fingerprint density at radius 3 is 2.58 bits per heavy atom. The Morgan fingerprint density at radius 1 is 0.875 bits per heavy atom. The van der Waals surface area contributed by atoms with E-state index in [1.807, 2.05) is 0 Å². The van der Waals surface area contributed by atoms with E-state index in [0.717, 1.165) is 24.0 Å². The lowest BCUT2D eigenvalue weighted by Gasteiger charge is -2.01. The fraction of sp³-hybridized carbons (Fsp3) is 0.182. The molecule has 5 rings (SSSR count). The fourth-order valence-corrected chi connectivity index (χ4v) is 4.09. The van der Waals surface area contributed by atoms with Crippen LogP contribution in [0.15, 0.2) is 59.0 Å². The molecule has 0 atom stereocenters. The third-order valence-electron chi connectivity index (χ3n) is 5.14. The van der Waals surface area contributed by atoms with E-state index in [4.69, 9.17) is 4.42 Å². The lowest BCUT2D eigenvalue weighted by atomic mass is 10.0. The van der Waals surface area contributed by atoms with Crippen LogP contribution in [0.25, 0.3) is 43.7 Å². The second-order valence-corrected chi connectivity index (χ2v) is 6.56. The molecule has 24 heavy (non-hydrogen) atoms. The second kappa shape index (κ2) is 4.88. The standard InChI is InChI=1S/C22H19NO/c1-3-7-14-8-6-11-19-20(14)17-13-12-16-15-9-4-5-10-18(15)23(2)21(16)22(17)24-19/h4-6,8-13H,3,7H2,1-2H3. The lowest BCUT2D eigenvalue weighted by molar-refractivity contribution is 0.670. The molecule has 0 N–H and O–H groups in total. The van der Waals surface area contributed by atoms with Gasteiger partial charge in [-0.05, 0) is 30.2 Å². The first-order valence-electron chi connectivity index (χ1n) is 8.60. The van der Waals surface area contributed by atoms with Gasteiger partial charge in [-0.3, -0.25) is 0 Å². The molecule has 2 aromatic heterocycles. The molecule has 3 aromatic carbocycles. The summed E-state index contributed by atoms with van der Waals surface area (Å²) in [5, 5.41) is 5.05. The van der Waals surface area contributed by atoms with E-state index < -0.39 is 0 Å². The number of nitrogens with zero attached hydrogens (tertiary/aromatic N) is 1. The van der Waals surface area contributed by atoms with Crippen molar-refractivity contribution in [2.75, 3.05) is 0 Å². The van der Waals surface area contributed by atoms with Crippen LogP contribution in [-0.2, 0) is 13.5 Å². The van der Waals surface area contributed by atoms with E-state index in [1.54, 1.807) is 0 Å². The summed E-state index contributed by atoms with van der Waals surface area (Å²) >= 11 is 0. The average molecular weight is 313 g/mol. The normalized spacial score (nSPS) is 12.1. The van der Waals surface area contributed by atoms with Crippen LogP contribution in [-0.4, -0.2) is 4.57 Å². The number of rotatable bonds is 2. The maximum atomic E-state index is 6.34. The van der Waals surface area contributed by atoms with Gasteiger partial charge in [0.25, 0.3) is 0 Å². The van der Waals surface area contributed by atoms with Crippen LogP contribution in [0.2, 0.25) is 0 Å². The molecule has 0 bridgehead atoms. The molecule has 0 aliphatic heterocycles. The topological polar surface area (TPSA) is 18.1 Å². The molecule has 0 saturated carbocycles. The third kappa shape index (κ3) is 1.66. The van der Waals surface area contributed by atoms with Gasteiger partial charge in [0.2, 0.25) is 0 Å². The Kier molecular flexibility index (Phi) is 2.78. The number of para-hydroxylation sites is 1. The van der Waals surface area contributed by atoms with Crippen LogP contribution in [0.4, 0.5) is 0 Å². The minimum Gasteiger partial charge on any atom is -0.454 e. The van der Waals surface area contributed by atoms with Gasteiger partial charge < -0.3 is 8.98 Å². The minimum absolute atomic E-state index is 0.994. The number of hydrogen-bond acceptors (Lipinski definition) is 1. The summed E-state index contributed by atoms with van der Waals surface area (Å²) in [4.78, 5) is 0. The summed E-state index contributed by atoms with van der Waals surface area (Å²) in [6.07, 6.45) is 2.22. The van der Waals surface area contributed by atoms with Gasteiger partial charge in [-0.2, -0.15) is 0 Å². The number of benzene rings is 3. The summed E-state index contributed by atoms with van der Waals surface area (Å²) < 4.78 is 8.60. The van der Waals surface area contributed by atoms with Gasteiger partial charge in [-0.15, -0.1) is 0 Å². The van der Waals surface area contributed by atoms with Crippen molar-refractivity contribution in [3.63, 3.8) is 0 Å². The van der Waals surface area contributed by atoms with Gasteiger partial charge in [-0.1, -0.05) is 49.7 Å². The van der Waals surface area contributed by atoms with E-state index in [0.29, 0.717) is 0 Å². The van der Waals surface area contributed by atoms with Crippen molar-refractivity contribution in [2.24, 2.45) is 7.05 Å². The largest absolute Gasteiger partial charge is 0.454 e. The Bertz CT molecular complexity index is 1220. The molecule has 0 amide bonds. The van der Waals surface area contributed by atoms with Crippen LogP contribution in [0.5, 0.6) is 0 Å². The van der Waals surface area contributed by atoms with Crippen LogP contribution < -0.4 is 0 Å². The molecule has 0 aliphatic carbocycles. The average Bonchev–Trinajstić information content (AvgIpc) is 3.12. The van der Waals surface area contributed by atoms with Crippen molar-refractivity contribution >= 4 is 43.7 Å². The van der Waals surface area contributed by atoms with Gasteiger partial charge >= 0.3 is 0 Å². The zero-order chi connectivity index (χ0) is 16.3.